The van der Waals surface area contributed by atoms with E-state index in [0.717, 1.165) is 10.0 Å². The lowest BCUT2D eigenvalue weighted by molar-refractivity contribution is 0.108. The zero-order chi connectivity index (χ0) is 9.14. The molecule has 0 amide bonds. The fourth-order valence-electron chi connectivity index (χ4n) is 0.841. The summed E-state index contributed by atoms with van der Waals surface area (Å²) in [6, 6.07) is 5.38. The van der Waals surface area contributed by atoms with Crippen LogP contribution < -0.4 is 0 Å². The van der Waals surface area contributed by atoms with Crippen LogP contribution in [-0.2, 0) is 5.33 Å². The average Bonchev–Trinajstić information content (AvgIpc) is 2.03. The van der Waals surface area contributed by atoms with Gasteiger partial charge in [0.25, 0.3) is 5.24 Å². The molecule has 0 aliphatic heterocycles. The predicted octanol–water partition coefficient (Wildman–Crippen LogP) is 3.72. The number of carbonyl (C=O) groups is 1. The number of hydrogen-bond acceptors (Lipinski definition) is 1. The molecule has 0 atom stereocenters. The number of carbonyl (C=O) groups excluding carboxylic acids is 1. The third-order valence-electron chi connectivity index (χ3n) is 1.34. The highest BCUT2D eigenvalue weighted by Gasteiger charge is 2.03. The summed E-state index contributed by atoms with van der Waals surface area (Å²) in [5.41, 5.74) is 1.54. The van der Waals surface area contributed by atoms with Gasteiger partial charge in [-0.3, -0.25) is 4.79 Å². The average molecular weight is 312 g/mol. The molecule has 1 aromatic carbocycles. The molecule has 0 saturated heterocycles. The quantitative estimate of drug-likeness (QED) is 0.601. The maximum Gasteiger partial charge on any atom is 0.252 e. The van der Waals surface area contributed by atoms with Crippen LogP contribution in [0, 0.1) is 0 Å². The zero-order valence-corrected chi connectivity index (χ0v) is 9.91. The third-order valence-corrected chi connectivity index (χ3v) is 2.66. The first-order valence-electron chi connectivity index (χ1n) is 3.18. The van der Waals surface area contributed by atoms with E-state index in [1.54, 1.807) is 12.1 Å². The van der Waals surface area contributed by atoms with Gasteiger partial charge in [0, 0.05) is 15.4 Å². The van der Waals surface area contributed by atoms with Crippen LogP contribution in [0.4, 0.5) is 0 Å². The molecule has 0 spiro atoms. The SMILES string of the molecule is O=C(Cl)c1cc(Br)cc(CBr)c1. The standard InChI is InChI=1S/C8H5Br2ClO/c9-4-5-1-6(8(11)12)3-7(10)2-5/h1-3H,4H2. The molecule has 12 heavy (non-hydrogen) atoms. The molecule has 0 radical (unpaired) electrons. The second-order valence-electron chi connectivity index (χ2n) is 2.26. The Morgan fingerprint density at radius 3 is 2.58 bits per heavy atom. The van der Waals surface area contributed by atoms with E-state index in [9.17, 15) is 4.79 Å². The second kappa shape index (κ2) is 4.40. The fourth-order valence-corrected chi connectivity index (χ4v) is 1.81. The molecule has 0 saturated carbocycles. The van der Waals surface area contributed by atoms with Gasteiger partial charge < -0.3 is 0 Å². The van der Waals surface area contributed by atoms with Crippen LogP contribution in [-0.4, -0.2) is 5.24 Å². The fraction of sp³-hybridized carbons (Fsp3) is 0.125. The second-order valence-corrected chi connectivity index (χ2v) is 4.08. The first-order valence-corrected chi connectivity index (χ1v) is 5.48. The molecule has 0 bridgehead atoms. The van der Waals surface area contributed by atoms with Crippen LogP contribution in [0.2, 0.25) is 0 Å². The molecule has 1 nitrogen and oxygen atoms in total. The van der Waals surface area contributed by atoms with Gasteiger partial charge in [0.15, 0.2) is 0 Å². The van der Waals surface area contributed by atoms with Gasteiger partial charge in [0.1, 0.15) is 0 Å². The summed E-state index contributed by atoms with van der Waals surface area (Å²) in [7, 11) is 0. The van der Waals surface area contributed by atoms with E-state index in [0.29, 0.717) is 10.9 Å². The maximum absolute atomic E-state index is 10.8. The van der Waals surface area contributed by atoms with Gasteiger partial charge in [0.05, 0.1) is 0 Å². The van der Waals surface area contributed by atoms with Crippen LogP contribution in [0.25, 0.3) is 0 Å². The summed E-state index contributed by atoms with van der Waals surface area (Å²) in [4.78, 5) is 10.8. The smallest absolute Gasteiger partial charge is 0.252 e. The Labute approximate surface area is 92.4 Å². The highest BCUT2D eigenvalue weighted by molar-refractivity contribution is 9.10. The van der Waals surface area contributed by atoms with Gasteiger partial charge in [-0.2, -0.15) is 0 Å². The Morgan fingerprint density at radius 1 is 1.42 bits per heavy atom. The van der Waals surface area contributed by atoms with E-state index in [-0.39, 0.29) is 0 Å². The summed E-state index contributed by atoms with van der Waals surface area (Å²) in [5.74, 6) is 0. The minimum Gasteiger partial charge on any atom is -0.276 e. The van der Waals surface area contributed by atoms with Gasteiger partial charge in [-0.05, 0) is 35.4 Å². The van der Waals surface area contributed by atoms with Crippen LogP contribution >= 0.6 is 43.5 Å². The van der Waals surface area contributed by atoms with Crippen molar-refractivity contribution in [1.29, 1.82) is 0 Å². The summed E-state index contributed by atoms with van der Waals surface area (Å²) in [6.07, 6.45) is 0. The van der Waals surface area contributed by atoms with E-state index >= 15 is 0 Å². The Hall–Kier alpha value is 0.140. The van der Waals surface area contributed by atoms with Crippen LogP contribution in [0.15, 0.2) is 22.7 Å². The molecule has 4 heteroatoms. The van der Waals surface area contributed by atoms with Crippen LogP contribution in [0.5, 0.6) is 0 Å². The number of alkyl halides is 1. The lowest BCUT2D eigenvalue weighted by Gasteiger charge is -1.99. The van der Waals surface area contributed by atoms with E-state index in [1.165, 1.54) is 0 Å². The van der Waals surface area contributed by atoms with Crippen molar-refractivity contribution in [2.75, 3.05) is 0 Å². The topological polar surface area (TPSA) is 17.1 Å². The predicted molar refractivity (Wildman–Crippen MR) is 57.0 cm³/mol. The van der Waals surface area contributed by atoms with Crippen LogP contribution in [0.1, 0.15) is 15.9 Å². The first kappa shape index (κ1) is 10.2. The van der Waals surface area contributed by atoms with E-state index in [2.05, 4.69) is 31.9 Å². The summed E-state index contributed by atoms with van der Waals surface area (Å²) in [6.45, 7) is 0. The van der Waals surface area contributed by atoms with Crippen molar-refractivity contribution in [2.45, 2.75) is 5.33 Å². The lowest BCUT2D eigenvalue weighted by Crippen LogP contribution is -1.90. The molecule has 64 valence electrons. The van der Waals surface area contributed by atoms with Crippen LogP contribution in [0.3, 0.4) is 0 Å². The molecule has 0 aliphatic rings. The normalized spacial score (nSPS) is 9.92. The Morgan fingerprint density at radius 2 is 2.08 bits per heavy atom. The maximum atomic E-state index is 10.8. The number of rotatable bonds is 2. The lowest BCUT2D eigenvalue weighted by atomic mass is 10.2. The van der Waals surface area contributed by atoms with Crippen molar-refractivity contribution >= 4 is 48.7 Å². The first-order chi connectivity index (χ1) is 5.63. The van der Waals surface area contributed by atoms with Gasteiger partial charge in [0.2, 0.25) is 0 Å². The molecule has 0 heterocycles. The molecule has 1 rings (SSSR count). The molecular formula is C8H5Br2ClO. The highest BCUT2D eigenvalue weighted by Crippen LogP contribution is 2.18. The minimum absolute atomic E-state index is 0.432. The van der Waals surface area contributed by atoms with Crippen molar-refractivity contribution in [3.63, 3.8) is 0 Å². The summed E-state index contributed by atoms with van der Waals surface area (Å²) >= 11 is 11.9. The van der Waals surface area contributed by atoms with Gasteiger partial charge in [-0.1, -0.05) is 31.9 Å². The Kier molecular flexibility index (Phi) is 3.75. The van der Waals surface area contributed by atoms with Crippen molar-refractivity contribution in [3.8, 4) is 0 Å². The summed E-state index contributed by atoms with van der Waals surface area (Å²) < 4.78 is 0.864. The van der Waals surface area contributed by atoms with Crippen molar-refractivity contribution in [2.24, 2.45) is 0 Å². The largest absolute Gasteiger partial charge is 0.276 e. The van der Waals surface area contributed by atoms with Gasteiger partial charge in [-0.15, -0.1) is 0 Å². The highest BCUT2D eigenvalue weighted by atomic mass is 79.9. The number of benzene rings is 1. The van der Waals surface area contributed by atoms with Crippen molar-refractivity contribution in [3.05, 3.63) is 33.8 Å². The molecule has 0 fully saturated rings. The molecule has 1 aromatic rings. The molecule has 0 aromatic heterocycles. The Bertz CT molecular complexity index is 312. The molecule has 0 aliphatic carbocycles. The van der Waals surface area contributed by atoms with E-state index in [4.69, 9.17) is 11.6 Å². The van der Waals surface area contributed by atoms with E-state index < -0.39 is 5.24 Å². The Balaban J connectivity index is 3.15. The van der Waals surface area contributed by atoms with E-state index in [1.807, 2.05) is 6.07 Å². The van der Waals surface area contributed by atoms with Crippen molar-refractivity contribution in [1.82, 2.24) is 0 Å². The number of hydrogen-bond donors (Lipinski definition) is 0. The molecular weight excluding hydrogens is 307 g/mol. The molecule has 0 unspecified atom stereocenters. The zero-order valence-electron chi connectivity index (χ0n) is 5.98. The molecule has 0 N–H and O–H groups in total. The number of halogens is 3. The van der Waals surface area contributed by atoms with Gasteiger partial charge in [-0.25, -0.2) is 0 Å². The third kappa shape index (κ3) is 2.57. The minimum atomic E-state index is -0.432. The monoisotopic (exact) mass is 310 g/mol. The van der Waals surface area contributed by atoms with Crippen molar-refractivity contribution < 1.29 is 4.79 Å². The summed E-state index contributed by atoms with van der Waals surface area (Å²) in [5, 5.41) is 0.280. The van der Waals surface area contributed by atoms with Gasteiger partial charge >= 0.3 is 0 Å².